The number of nitrogens with zero attached hydrogens (tertiary/aromatic N) is 3. The van der Waals surface area contributed by atoms with E-state index in [0.29, 0.717) is 5.69 Å². The average Bonchev–Trinajstić information content (AvgIpc) is 2.73. The van der Waals surface area contributed by atoms with Crippen LogP contribution in [0.2, 0.25) is 0 Å². The molecule has 1 heterocycles. The molecule has 1 N–H and O–H groups in total. The fourth-order valence-electron chi connectivity index (χ4n) is 3.04. The monoisotopic (exact) mass is 422 g/mol. The Morgan fingerprint density at radius 3 is 2.00 bits per heavy atom. The van der Waals surface area contributed by atoms with Crippen molar-refractivity contribution in [2.75, 3.05) is 36.4 Å². The summed E-state index contributed by atoms with van der Waals surface area (Å²) in [6.45, 7) is 0.459. The number of alkyl halides is 3. The molecule has 0 bridgehead atoms. The third-order valence-electron chi connectivity index (χ3n) is 4.64. The number of nitro groups is 1. The van der Waals surface area contributed by atoms with Crippen molar-refractivity contribution in [1.82, 2.24) is 4.90 Å². The Morgan fingerprint density at radius 2 is 1.50 bits per heavy atom. The van der Waals surface area contributed by atoms with Gasteiger partial charge in [0.1, 0.15) is 0 Å². The molecule has 11 heteroatoms. The number of carbonyl (C=O) groups excluding carboxylic acids is 2. The lowest BCUT2D eigenvalue weighted by Crippen LogP contribution is -2.52. The minimum Gasteiger partial charge on any atom is -0.368 e. The maximum absolute atomic E-state index is 12.5. The highest BCUT2D eigenvalue weighted by atomic mass is 19.4. The maximum Gasteiger partial charge on any atom is 0.471 e. The lowest BCUT2D eigenvalue weighted by Gasteiger charge is -2.36. The van der Waals surface area contributed by atoms with Gasteiger partial charge in [-0.25, -0.2) is 0 Å². The van der Waals surface area contributed by atoms with Crippen LogP contribution in [0.1, 0.15) is 10.4 Å². The topological polar surface area (TPSA) is 95.8 Å². The van der Waals surface area contributed by atoms with Gasteiger partial charge < -0.3 is 15.1 Å². The lowest BCUT2D eigenvalue weighted by molar-refractivity contribution is -0.384. The molecule has 0 atom stereocenters. The molecule has 2 aromatic rings. The van der Waals surface area contributed by atoms with E-state index in [-0.39, 0.29) is 37.4 Å². The Balaban J connectivity index is 1.57. The Bertz CT molecular complexity index is 938. The second-order valence-corrected chi connectivity index (χ2v) is 6.58. The van der Waals surface area contributed by atoms with Crippen LogP contribution >= 0.6 is 0 Å². The Kier molecular flexibility index (Phi) is 5.90. The highest BCUT2D eigenvalue weighted by Crippen LogP contribution is 2.23. The molecule has 0 aliphatic carbocycles. The summed E-state index contributed by atoms with van der Waals surface area (Å²) in [5.41, 5.74) is 1.39. The fraction of sp³-hybridized carbons (Fsp3) is 0.263. The number of hydrogen-bond donors (Lipinski definition) is 1. The lowest BCUT2D eigenvalue weighted by atomic mass is 10.2. The first kappa shape index (κ1) is 21.1. The highest BCUT2D eigenvalue weighted by molar-refractivity contribution is 6.04. The molecule has 30 heavy (non-hydrogen) atoms. The summed E-state index contributed by atoms with van der Waals surface area (Å²) < 4.78 is 37.5. The molecule has 2 amide bonds. The summed E-state index contributed by atoms with van der Waals surface area (Å²) in [5, 5.41) is 13.3. The van der Waals surface area contributed by atoms with Gasteiger partial charge in [0.25, 0.3) is 11.6 Å². The van der Waals surface area contributed by atoms with Crippen molar-refractivity contribution in [2.45, 2.75) is 6.18 Å². The van der Waals surface area contributed by atoms with E-state index >= 15 is 0 Å². The predicted octanol–water partition coefficient (Wildman–Crippen LogP) is 3.06. The van der Waals surface area contributed by atoms with Gasteiger partial charge in [0.05, 0.1) is 4.92 Å². The van der Waals surface area contributed by atoms with Gasteiger partial charge >= 0.3 is 12.1 Å². The second-order valence-electron chi connectivity index (χ2n) is 6.58. The zero-order chi connectivity index (χ0) is 21.9. The largest absolute Gasteiger partial charge is 0.471 e. The van der Waals surface area contributed by atoms with E-state index in [9.17, 15) is 32.9 Å². The molecule has 0 unspecified atom stereocenters. The molecule has 0 aromatic heterocycles. The van der Waals surface area contributed by atoms with Crippen molar-refractivity contribution in [1.29, 1.82) is 0 Å². The molecule has 0 saturated carbocycles. The normalized spacial score (nSPS) is 14.4. The molecule has 1 aliphatic rings. The molecule has 1 aliphatic heterocycles. The number of amides is 2. The van der Waals surface area contributed by atoms with E-state index in [4.69, 9.17) is 0 Å². The number of nitro benzene ring substituents is 1. The van der Waals surface area contributed by atoms with E-state index in [1.807, 2.05) is 4.90 Å². The SMILES string of the molecule is O=C(Nc1ccc(N2CCN(C(=O)C(F)(F)F)CC2)cc1)c1ccc([N+](=O)[O-])cc1. The smallest absolute Gasteiger partial charge is 0.368 e. The number of anilines is 2. The zero-order valence-corrected chi connectivity index (χ0v) is 15.6. The molecule has 0 radical (unpaired) electrons. The van der Waals surface area contributed by atoms with Crippen molar-refractivity contribution in [3.05, 3.63) is 64.2 Å². The third-order valence-corrected chi connectivity index (χ3v) is 4.64. The minimum absolute atomic E-state index is 0.0308. The predicted molar refractivity (Wildman–Crippen MR) is 102 cm³/mol. The fourth-order valence-corrected chi connectivity index (χ4v) is 3.04. The van der Waals surface area contributed by atoms with Gasteiger partial charge in [-0.2, -0.15) is 13.2 Å². The number of carbonyl (C=O) groups is 2. The molecule has 8 nitrogen and oxygen atoms in total. The Hall–Kier alpha value is -3.63. The number of nitrogens with one attached hydrogen (secondary N) is 1. The van der Waals surface area contributed by atoms with Crippen molar-refractivity contribution >= 4 is 28.9 Å². The van der Waals surface area contributed by atoms with E-state index in [1.54, 1.807) is 24.3 Å². The van der Waals surface area contributed by atoms with Gasteiger partial charge in [0, 0.05) is 55.2 Å². The van der Waals surface area contributed by atoms with E-state index < -0.39 is 22.9 Å². The van der Waals surface area contributed by atoms with Gasteiger partial charge in [-0.05, 0) is 36.4 Å². The number of halogens is 3. The van der Waals surface area contributed by atoms with Gasteiger partial charge in [0.2, 0.25) is 0 Å². The van der Waals surface area contributed by atoms with Crippen molar-refractivity contribution in [3.63, 3.8) is 0 Å². The second kappa shape index (κ2) is 8.39. The van der Waals surface area contributed by atoms with Crippen LogP contribution in [0, 0.1) is 10.1 Å². The van der Waals surface area contributed by atoms with Gasteiger partial charge in [-0.3, -0.25) is 19.7 Å². The molecule has 3 rings (SSSR count). The third kappa shape index (κ3) is 4.85. The zero-order valence-electron chi connectivity index (χ0n) is 15.6. The first-order valence-corrected chi connectivity index (χ1v) is 8.92. The maximum atomic E-state index is 12.5. The number of non-ortho nitro benzene ring substituents is 1. The first-order chi connectivity index (χ1) is 14.1. The van der Waals surface area contributed by atoms with Crippen LogP contribution in [0.15, 0.2) is 48.5 Å². The number of benzene rings is 2. The summed E-state index contributed by atoms with van der Waals surface area (Å²) in [4.78, 5) is 36.3. The van der Waals surface area contributed by atoms with Crippen LogP contribution in [0.4, 0.5) is 30.2 Å². The van der Waals surface area contributed by atoms with Crippen LogP contribution in [-0.4, -0.2) is 54.0 Å². The average molecular weight is 422 g/mol. The molecule has 1 saturated heterocycles. The summed E-state index contributed by atoms with van der Waals surface area (Å²) in [7, 11) is 0. The quantitative estimate of drug-likeness (QED) is 0.604. The molecule has 1 fully saturated rings. The van der Waals surface area contributed by atoms with E-state index in [0.717, 1.165) is 10.6 Å². The van der Waals surface area contributed by atoms with E-state index in [2.05, 4.69) is 5.32 Å². The van der Waals surface area contributed by atoms with E-state index in [1.165, 1.54) is 24.3 Å². The summed E-state index contributed by atoms with van der Waals surface area (Å²) in [5.74, 6) is -2.26. The summed E-state index contributed by atoms with van der Waals surface area (Å²) in [6, 6.07) is 11.9. The van der Waals surface area contributed by atoms with Crippen LogP contribution < -0.4 is 10.2 Å². The van der Waals surface area contributed by atoms with Crippen LogP contribution in [-0.2, 0) is 4.79 Å². The molecular weight excluding hydrogens is 405 g/mol. The standard InChI is InChI=1S/C19H17F3N4O4/c20-19(21,22)18(28)25-11-9-24(10-12-25)15-7-3-14(4-8-15)23-17(27)13-1-5-16(6-2-13)26(29)30/h1-8H,9-12H2,(H,23,27). The highest BCUT2D eigenvalue weighted by Gasteiger charge is 2.43. The molecule has 0 spiro atoms. The number of rotatable bonds is 4. The van der Waals surface area contributed by atoms with Crippen LogP contribution in [0.5, 0.6) is 0 Å². The summed E-state index contributed by atoms with van der Waals surface area (Å²) in [6.07, 6.45) is -4.87. The van der Waals surface area contributed by atoms with Gasteiger partial charge in [-0.1, -0.05) is 0 Å². The first-order valence-electron chi connectivity index (χ1n) is 8.92. The van der Waals surface area contributed by atoms with Crippen LogP contribution in [0.25, 0.3) is 0 Å². The molecular formula is C19H17F3N4O4. The number of piperazine rings is 1. The van der Waals surface area contributed by atoms with Gasteiger partial charge in [-0.15, -0.1) is 0 Å². The van der Waals surface area contributed by atoms with Crippen molar-refractivity contribution in [3.8, 4) is 0 Å². The van der Waals surface area contributed by atoms with Crippen molar-refractivity contribution < 1.29 is 27.7 Å². The minimum atomic E-state index is -4.87. The molecule has 2 aromatic carbocycles. The Labute approximate surface area is 169 Å². The van der Waals surface area contributed by atoms with Crippen molar-refractivity contribution in [2.24, 2.45) is 0 Å². The van der Waals surface area contributed by atoms with Gasteiger partial charge in [0.15, 0.2) is 0 Å². The molecule has 158 valence electrons. The van der Waals surface area contributed by atoms with Crippen LogP contribution in [0.3, 0.4) is 0 Å². The Morgan fingerprint density at radius 1 is 0.933 bits per heavy atom. The summed E-state index contributed by atoms with van der Waals surface area (Å²) >= 11 is 0. The number of hydrogen-bond acceptors (Lipinski definition) is 5.